The number of hydrogen-bond donors (Lipinski definition) is 14. The van der Waals surface area contributed by atoms with E-state index in [2.05, 4.69) is 70.0 Å². The molecule has 462 valence electrons. The summed E-state index contributed by atoms with van der Waals surface area (Å²) in [4.78, 5) is 120. The Kier molecular flexibility index (Phi) is 21.2. The molecule has 4 saturated heterocycles. The molecule has 8 rings (SSSR count). The van der Waals surface area contributed by atoms with Gasteiger partial charge in [-0.25, -0.2) is 5.26 Å². The van der Waals surface area contributed by atoms with Crippen LogP contribution in [-0.2, 0) is 62.2 Å². The number of fused-ring (bicyclic) bond motifs is 3. The van der Waals surface area contributed by atoms with Crippen molar-refractivity contribution < 1.29 is 92.9 Å². The quantitative estimate of drug-likeness (QED) is 0.0297. The molecule has 8 amide bonds. The van der Waals surface area contributed by atoms with Gasteiger partial charge in [0.15, 0.2) is 11.5 Å². The molecule has 0 aromatic heterocycles. The molecule has 29 nitrogen and oxygen atoms in total. The van der Waals surface area contributed by atoms with Crippen molar-refractivity contribution in [2.75, 3.05) is 50.7 Å². The number of amides is 8. The molecule has 85 heavy (non-hydrogen) atoms. The third-order valence-corrected chi connectivity index (χ3v) is 16.5. The van der Waals surface area contributed by atoms with Gasteiger partial charge in [-0.3, -0.25) is 43.3 Å². The number of piperazine rings is 1. The number of nitrogens with zero attached hydrogens (tertiary/aromatic N) is 4. The third-order valence-electron chi connectivity index (χ3n) is 16.2. The van der Waals surface area contributed by atoms with Crippen LogP contribution < -0.4 is 41.4 Å². The normalized spacial score (nSPS) is 27.9. The van der Waals surface area contributed by atoms with Gasteiger partial charge >= 0.3 is 0 Å². The fraction of sp³-hybridized carbons (Fsp3) is 0.527. The first kappa shape index (κ1) is 63.8. The number of phenols is 1. The number of aliphatic hydroxyl groups is 6. The number of phenolic OH excluding ortho intramolecular Hbond substituents is 1. The molecule has 0 spiro atoms. The maximum atomic E-state index is 14.7. The maximum absolute atomic E-state index is 14.7. The molecule has 13 unspecified atom stereocenters. The monoisotopic (exact) mass is 1210 g/mol. The fourth-order valence-electron chi connectivity index (χ4n) is 11.6. The van der Waals surface area contributed by atoms with Gasteiger partial charge < -0.3 is 86.9 Å². The van der Waals surface area contributed by atoms with E-state index in [0.717, 1.165) is 73.6 Å². The van der Waals surface area contributed by atoms with Gasteiger partial charge in [-0.15, -0.1) is 0 Å². The van der Waals surface area contributed by atoms with Crippen molar-refractivity contribution in [1.82, 2.24) is 41.3 Å². The molecule has 3 aromatic rings. The third kappa shape index (κ3) is 15.4. The highest BCUT2D eigenvalue weighted by Crippen LogP contribution is 2.32. The van der Waals surface area contributed by atoms with Crippen molar-refractivity contribution in [2.24, 2.45) is 11.7 Å². The van der Waals surface area contributed by atoms with E-state index >= 15 is 0 Å². The maximum Gasteiger partial charge on any atom is 0.261 e. The first-order chi connectivity index (χ1) is 40.5. The molecule has 3 aromatic carbocycles. The molecule has 30 heteroatoms. The minimum Gasteiger partial charge on any atom is -0.504 e. The molecule has 5 aliphatic rings. The van der Waals surface area contributed by atoms with E-state index in [-0.39, 0.29) is 29.2 Å². The van der Waals surface area contributed by atoms with Gasteiger partial charge in [0.25, 0.3) is 18.2 Å². The van der Waals surface area contributed by atoms with Gasteiger partial charge in [-0.1, -0.05) is 46.6 Å². The zero-order valence-corrected chi connectivity index (χ0v) is 47.3. The predicted molar refractivity (Wildman–Crippen MR) is 298 cm³/mol. The molecule has 0 bridgehead atoms. The van der Waals surface area contributed by atoms with Gasteiger partial charge in [0.05, 0.1) is 43.0 Å². The van der Waals surface area contributed by atoms with Crippen molar-refractivity contribution in [3.8, 4) is 11.5 Å². The Hall–Kier alpha value is -7.23. The molecule has 0 radical (unpaired) electrons. The number of aromatic hydroxyl groups is 1. The topological polar surface area (TPSA) is 425 Å². The molecule has 4 fully saturated rings. The summed E-state index contributed by atoms with van der Waals surface area (Å²) in [6.45, 7) is 4.07. The Balaban J connectivity index is 1.07. The average molecular weight is 1210 g/mol. The Bertz CT molecular complexity index is 2900. The number of hydrogen-bond acceptors (Lipinski definition) is 22. The van der Waals surface area contributed by atoms with Crippen molar-refractivity contribution in [1.29, 1.82) is 0 Å². The Morgan fingerprint density at radius 1 is 0.765 bits per heavy atom. The van der Waals surface area contributed by atoms with Crippen LogP contribution in [0.15, 0.2) is 66.7 Å². The second-order valence-corrected chi connectivity index (χ2v) is 22.6. The highest BCUT2D eigenvalue weighted by molar-refractivity contribution is 7.90. The summed E-state index contributed by atoms with van der Waals surface area (Å²) < 4.78 is 9.30. The number of nitrogens with two attached hydrogens (primary N) is 1. The summed E-state index contributed by atoms with van der Waals surface area (Å²) in [5.41, 5.74) is 9.18. The molecular formula is C55H72N10O19S. The number of anilines is 1. The lowest BCUT2D eigenvalue weighted by Crippen LogP contribution is -2.64. The zero-order valence-electron chi connectivity index (χ0n) is 46.5. The lowest BCUT2D eigenvalue weighted by atomic mass is 9.98. The van der Waals surface area contributed by atoms with Crippen LogP contribution in [0.5, 0.6) is 11.5 Å². The van der Waals surface area contributed by atoms with Crippen molar-refractivity contribution in [3.63, 3.8) is 0 Å². The molecule has 4 aliphatic heterocycles. The first-order valence-electron chi connectivity index (χ1n) is 27.8. The first-order valence-corrected chi connectivity index (χ1v) is 28.4. The van der Waals surface area contributed by atoms with E-state index < -0.39 is 177 Å². The van der Waals surface area contributed by atoms with E-state index in [4.69, 9.17) is 15.2 Å². The number of carbonyl (C=O) groups is 8. The SMILES string of the molecule is CC(O)C1NC(=O)C(NC(=O)c2ccc(N3CCN(C4Cc5ccccc5C4)CC3)cc2)CC(O)CNC(=O)C2C(O)C(C)CN2C(=O)C(C(O)CC(N)=O)NC(=O)C(C(O)Cc2ccc(O)c(OSOOO)c2)NC(=O)C2CC(O)CN2C1=O. The number of β-amino-alcohol motifs (C(OH)–C–C–N with tert-alkyl or cyclic N) is 1. The minimum absolute atomic E-state index is 0.0634. The molecule has 0 saturated carbocycles. The summed E-state index contributed by atoms with van der Waals surface area (Å²) >= 11 is 0.0634. The molecule has 1 aliphatic carbocycles. The summed E-state index contributed by atoms with van der Waals surface area (Å²) in [6.07, 6.45) is -11.4. The number of carbonyl (C=O) groups excluding carboxylic acids is 8. The van der Waals surface area contributed by atoms with Crippen molar-refractivity contribution in [3.05, 3.63) is 89.0 Å². The van der Waals surface area contributed by atoms with Crippen LogP contribution in [0.2, 0.25) is 0 Å². The van der Waals surface area contributed by atoms with Crippen LogP contribution in [0.4, 0.5) is 5.69 Å². The number of nitrogens with one attached hydrogen (secondary N) is 5. The highest BCUT2D eigenvalue weighted by atomic mass is 32.2. The summed E-state index contributed by atoms with van der Waals surface area (Å²) in [7, 11) is 0. The van der Waals surface area contributed by atoms with E-state index in [1.54, 1.807) is 24.3 Å². The number of benzene rings is 3. The van der Waals surface area contributed by atoms with Gasteiger partial charge in [0.2, 0.25) is 41.4 Å². The van der Waals surface area contributed by atoms with Crippen LogP contribution in [0, 0.1) is 5.92 Å². The largest absolute Gasteiger partial charge is 0.504 e. The smallest absolute Gasteiger partial charge is 0.261 e. The van der Waals surface area contributed by atoms with E-state index in [0.29, 0.717) is 6.04 Å². The summed E-state index contributed by atoms with van der Waals surface area (Å²) in [5, 5.41) is 103. The van der Waals surface area contributed by atoms with Gasteiger partial charge in [-0.2, -0.15) is 0 Å². The molecular weight excluding hydrogens is 1140 g/mol. The Morgan fingerprint density at radius 3 is 2.06 bits per heavy atom. The molecule has 4 heterocycles. The Morgan fingerprint density at radius 2 is 1.41 bits per heavy atom. The van der Waals surface area contributed by atoms with Gasteiger partial charge in [-0.05, 0) is 72.9 Å². The number of aliphatic hydroxyl groups excluding tert-OH is 6. The van der Waals surface area contributed by atoms with E-state index in [9.17, 15) is 74.1 Å². The standard InChI is InChI=1S/C55H72N10O19S/c1-27-25-65-47(48(27)73)53(78)57-24-35(67)21-37(58-49(74)30-8-10-33(11-9-30)62-13-15-63(16-14-62)34-19-31-5-3-4-6-32(31)20-34)50(75)59-44(28(2)66)54(79)64-26-36(68)22-38(64)51(76)60-45(52(77)61-46(55(65)80)41(71)23-43(56)72)40(70)17-29-7-12-39(69)42(18-29)82-85-84-83-81/h3-12,18,27-28,34-38,40-41,44-48,66-71,73,81H,13-17,19-26H2,1-2H3,(H2,56,72)(H,57,78)(H,58,74)(H,59,75)(H,60,76)(H,61,77). The average Bonchev–Trinajstić information content (AvgIpc) is 3.14. The Labute approximate surface area is 492 Å². The van der Waals surface area contributed by atoms with E-state index in [1.165, 1.54) is 24.1 Å². The summed E-state index contributed by atoms with van der Waals surface area (Å²) in [5.74, 6) is -10.9. The van der Waals surface area contributed by atoms with E-state index in [1.807, 2.05) is 0 Å². The summed E-state index contributed by atoms with van der Waals surface area (Å²) in [6, 6.07) is 7.48. The second kappa shape index (κ2) is 28.3. The van der Waals surface area contributed by atoms with Crippen LogP contribution in [0.3, 0.4) is 0 Å². The van der Waals surface area contributed by atoms with Crippen LogP contribution >= 0.6 is 12.3 Å². The van der Waals surface area contributed by atoms with Gasteiger partial charge in [0, 0.05) is 88.3 Å². The molecule has 13 atom stereocenters. The van der Waals surface area contributed by atoms with Crippen LogP contribution in [0.25, 0.3) is 0 Å². The number of rotatable bonds is 15. The zero-order chi connectivity index (χ0) is 61.4. The van der Waals surface area contributed by atoms with Gasteiger partial charge in [0.1, 0.15) is 36.3 Å². The minimum atomic E-state index is -2.20. The molecule has 15 N–H and O–H groups in total. The lowest BCUT2D eigenvalue weighted by molar-refractivity contribution is -0.433. The second-order valence-electron chi connectivity index (χ2n) is 22.2. The van der Waals surface area contributed by atoms with Crippen LogP contribution in [0.1, 0.15) is 60.2 Å². The number of primary amides is 1. The predicted octanol–water partition coefficient (Wildman–Crippen LogP) is -4.13. The van der Waals surface area contributed by atoms with Crippen LogP contribution in [-0.4, -0.2) is 228 Å². The van der Waals surface area contributed by atoms with Crippen molar-refractivity contribution >= 4 is 65.3 Å². The highest BCUT2D eigenvalue weighted by Gasteiger charge is 2.50. The van der Waals surface area contributed by atoms with Crippen molar-refractivity contribution in [2.45, 2.75) is 131 Å². The lowest BCUT2D eigenvalue weighted by Gasteiger charge is -2.39. The fourth-order valence-corrected chi connectivity index (χ4v) is 11.9.